The third-order valence-corrected chi connectivity index (χ3v) is 4.21. The van der Waals surface area contributed by atoms with Crippen LogP contribution in [0.5, 0.6) is 5.75 Å². The maximum Gasteiger partial charge on any atom is 0.255 e. The van der Waals surface area contributed by atoms with E-state index >= 15 is 0 Å². The SMILES string of the molecule is CCCCCCCOc1ccc(-c2nc(N)nc(C)c2C(=O)NC)cc1. The molecule has 26 heavy (non-hydrogen) atoms. The summed E-state index contributed by atoms with van der Waals surface area (Å²) in [4.78, 5) is 20.6. The first-order chi connectivity index (χ1) is 12.6. The van der Waals surface area contributed by atoms with Crippen molar-refractivity contribution in [3.8, 4) is 17.0 Å². The Labute approximate surface area is 155 Å². The zero-order valence-corrected chi connectivity index (χ0v) is 15.8. The molecule has 0 saturated heterocycles. The molecule has 0 aliphatic carbocycles. The van der Waals surface area contributed by atoms with E-state index in [-0.39, 0.29) is 11.9 Å². The fraction of sp³-hybridized carbons (Fsp3) is 0.450. The van der Waals surface area contributed by atoms with Crippen molar-refractivity contribution in [1.29, 1.82) is 0 Å². The Morgan fingerprint density at radius 2 is 1.81 bits per heavy atom. The molecule has 2 aromatic rings. The van der Waals surface area contributed by atoms with Gasteiger partial charge in [0.25, 0.3) is 5.91 Å². The van der Waals surface area contributed by atoms with E-state index in [4.69, 9.17) is 10.5 Å². The fourth-order valence-corrected chi connectivity index (χ4v) is 2.80. The number of nitrogens with two attached hydrogens (primary N) is 1. The molecule has 6 heteroatoms. The summed E-state index contributed by atoms with van der Waals surface area (Å²) < 4.78 is 5.79. The number of nitrogens with one attached hydrogen (secondary N) is 1. The summed E-state index contributed by atoms with van der Waals surface area (Å²) in [6.07, 6.45) is 6.04. The molecule has 140 valence electrons. The number of hydrogen-bond donors (Lipinski definition) is 2. The van der Waals surface area contributed by atoms with Crippen LogP contribution in [-0.2, 0) is 0 Å². The summed E-state index contributed by atoms with van der Waals surface area (Å²) >= 11 is 0. The van der Waals surface area contributed by atoms with Gasteiger partial charge in [-0.05, 0) is 37.6 Å². The van der Waals surface area contributed by atoms with Crippen molar-refractivity contribution < 1.29 is 9.53 Å². The van der Waals surface area contributed by atoms with E-state index in [0.29, 0.717) is 23.6 Å². The molecule has 0 fully saturated rings. The summed E-state index contributed by atoms with van der Waals surface area (Å²) in [5.74, 6) is 0.729. The van der Waals surface area contributed by atoms with Crippen LogP contribution < -0.4 is 15.8 Å². The lowest BCUT2D eigenvalue weighted by Gasteiger charge is -2.12. The van der Waals surface area contributed by atoms with Crippen LogP contribution in [0.2, 0.25) is 0 Å². The topological polar surface area (TPSA) is 90.1 Å². The van der Waals surface area contributed by atoms with E-state index in [1.807, 2.05) is 24.3 Å². The minimum absolute atomic E-state index is 0.151. The quantitative estimate of drug-likeness (QED) is 0.668. The highest BCUT2D eigenvalue weighted by molar-refractivity contribution is 6.00. The third-order valence-electron chi connectivity index (χ3n) is 4.21. The van der Waals surface area contributed by atoms with Gasteiger partial charge < -0.3 is 15.8 Å². The Kier molecular flexibility index (Phi) is 7.38. The van der Waals surface area contributed by atoms with Crippen LogP contribution in [0.3, 0.4) is 0 Å². The summed E-state index contributed by atoms with van der Waals surface area (Å²) in [7, 11) is 1.58. The second-order valence-electron chi connectivity index (χ2n) is 6.26. The molecule has 2 rings (SSSR count). The Hall–Kier alpha value is -2.63. The monoisotopic (exact) mass is 356 g/mol. The molecule has 1 aromatic carbocycles. The van der Waals surface area contributed by atoms with E-state index < -0.39 is 0 Å². The summed E-state index contributed by atoms with van der Waals surface area (Å²) in [5.41, 5.74) is 8.10. The number of hydrogen-bond acceptors (Lipinski definition) is 5. The highest BCUT2D eigenvalue weighted by Crippen LogP contribution is 2.26. The molecule has 0 unspecified atom stereocenters. The van der Waals surface area contributed by atoms with Crippen molar-refractivity contribution in [3.63, 3.8) is 0 Å². The Morgan fingerprint density at radius 1 is 1.12 bits per heavy atom. The lowest BCUT2D eigenvalue weighted by molar-refractivity contribution is 0.0962. The number of nitrogen functional groups attached to an aromatic ring is 1. The number of benzene rings is 1. The van der Waals surface area contributed by atoms with Gasteiger partial charge in [0.1, 0.15) is 5.75 Å². The van der Waals surface area contributed by atoms with Crippen LogP contribution >= 0.6 is 0 Å². The second kappa shape index (κ2) is 9.75. The lowest BCUT2D eigenvalue weighted by Crippen LogP contribution is -2.21. The van der Waals surface area contributed by atoms with Gasteiger partial charge in [0, 0.05) is 12.6 Å². The van der Waals surface area contributed by atoms with Crippen LogP contribution in [0, 0.1) is 6.92 Å². The fourth-order valence-electron chi connectivity index (χ4n) is 2.80. The van der Waals surface area contributed by atoms with Crippen molar-refractivity contribution in [3.05, 3.63) is 35.5 Å². The number of anilines is 1. The minimum atomic E-state index is -0.232. The van der Waals surface area contributed by atoms with Crippen LogP contribution in [0.25, 0.3) is 11.3 Å². The van der Waals surface area contributed by atoms with Gasteiger partial charge in [-0.1, -0.05) is 32.6 Å². The second-order valence-corrected chi connectivity index (χ2v) is 6.26. The minimum Gasteiger partial charge on any atom is -0.494 e. The van der Waals surface area contributed by atoms with Crippen LogP contribution in [0.4, 0.5) is 5.95 Å². The molecule has 6 nitrogen and oxygen atoms in total. The van der Waals surface area contributed by atoms with E-state index in [1.165, 1.54) is 25.7 Å². The number of unbranched alkanes of at least 4 members (excludes halogenated alkanes) is 4. The zero-order chi connectivity index (χ0) is 18.9. The van der Waals surface area contributed by atoms with Gasteiger partial charge in [-0.2, -0.15) is 0 Å². The number of carbonyl (C=O) groups excluding carboxylic acids is 1. The van der Waals surface area contributed by atoms with Gasteiger partial charge in [0.2, 0.25) is 5.95 Å². The number of ether oxygens (including phenoxy) is 1. The highest BCUT2D eigenvalue weighted by Gasteiger charge is 2.18. The Bertz CT molecular complexity index is 729. The number of nitrogens with zero attached hydrogens (tertiary/aromatic N) is 2. The Balaban J connectivity index is 2.10. The summed E-state index contributed by atoms with van der Waals surface area (Å²) in [5, 5.41) is 2.63. The van der Waals surface area contributed by atoms with Gasteiger partial charge in [-0.3, -0.25) is 4.79 Å². The first-order valence-corrected chi connectivity index (χ1v) is 9.16. The van der Waals surface area contributed by atoms with Crippen molar-refractivity contribution in [2.75, 3.05) is 19.4 Å². The molecule has 0 saturated carbocycles. The molecule has 1 heterocycles. The van der Waals surface area contributed by atoms with Crippen molar-refractivity contribution in [2.24, 2.45) is 0 Å². The van der Waals surface area contributed by atoms with Crippen LogP contribution in [0.1, 0.15) is 55.1 Å². The van der Waals surface area contributed by atoms with Gasteiger partial charge >= 0.3 is 0 Å². The predicted molar refractivity (Wildman–Crippen MR) is 104 cm³/mol. The molecule has 0 bridgehead atoms. The van der Waals surface area contributed by atoms with Crippen LogP contribution in [-0.4, -0.2) is 29.5 Å². The Morgan fingerprint density at radius 3 is 2.46 bits per heavy atom. The number of carbonyl (C=O) groups is 1. The van der Waals surface area contributed by atoms with Crippen LogP contribution in [0.15, 0.2) is 24.3 Å². The average molecular weight is 356 g/mol. The van der Waals surface area contributed by atoms with Gasteiger partial charge in [0.05, 0.1) is 23.6 Å². The highest BCUT2D eigenvalue weighted by atomic mass is 16.5. The standard InChI is InChI=1S/C20H28N4O2/c1-4-5-6-7-8-13-26-16-11-9-15(10-12-16)18-17(19(25)22-3)14(2)23-20(21)24-18/h9-12H,4-8,13H2,1-3H3,(H,22,25)(H2,21,23,24). The molecule has 0 spiro atoms. The van der Waals surface area contributed by atoms with E-state index in [1.54, 1.807) is 14.0 Å². The lowest BCUT2D eigenvalue weighted by atomic mass is 10.0. The first kappa shape index (κ1) is 19.7. The smallest absolute Gasteiger partial charge is 0.255 e. The summed E-state index contributed by atoms with van der Waals surface area (Å²) in [6.45, 7) is 4.68. The number of aryl methyl sites for hydroxylation is 1. The number of amides is 1. The van der Waals surface area contributed by atoms with Gasteiger partial charge in [-0.15, -0.1) is 0 Å². The molecule has 0 aliphatic rings. The third kappa shape index (κ3) is 5.18. The molecular formula is C20H28N4O2. The molecule has 1 aromatic heterocycles. The normalized spacial score (nSPS) is 10.6. The van der Waals surface area contributed by atoms with Crippen molar-refractivity contribution >= 4 is 11.9 Å². The van der Waals surface area contributed by atoms with E-state index in [9.17, 15) is 4.79 Å². The van der Waals surface area contributed by atoms with Crippen molar-refractivity contribution in [1.82, 2.24) is 15.3 Å². The number of aromatic nitrogens is 2. The first-order valence-electron chi connectivity index (χ1n) is 9.16. The molecule has 0 radical (unpaired) electrons. The summed E-state index contributed by atoms with van der Waals surface area (Å²) in [6, 6.07) is 7.56. The molecule has 3 N–H and O–H groups in total. The molecule has 0 aliphatic heterocycles. The molecule has 0 atom stereocenters. The zero-order valence-electron chi connectivity index (χ0n) is 15.8. The van der Waals surface area contributed by atoms with E-state index in [2.05, 4.69) is 22.2 Å². The maximum absolute atomic E-state index is 12.2. The molecular weight excluding hydrogens is 328 g/mol. The predicted octanol–water partition coefficient (Wildman–Crippen LogP) is 3.74. The maximum atomic E-state index is 12.2. The van der Waals surface area contributed by atoms with Gasteiger partial charge in [0.15, 0.2) is 0 Å². The van der Waals surface area contributed by atoms with Gasteiger partial charge in [-0.25, -0.2) is 9.97 Å². The average Bonchev–Trinajstić information content (AvgIpc) is 2.64. The molecule has 1 amide bonds. The van der Waals surface area contributed by atoms with Crippen molar-refractivity contribution in [2.45, 2.75) is 46.0 Å². The number of rotatable bonds is 9. The van der Waals surface area contributed by atoms with E-state index in [0.717, 1.165) is 17.7 Å². The largest absolute Gasteiger partial charge is 0.494 e.